The third-order valence-electron chi connectivity index (χ3n) is 7.11. The van der Waals surface area contributed by atoms with E-state index in [1.807, 2.05) is 61.7 Å². The molecule has 0 atom stereocenters. The van der Waals surface area contributed by atoms with Gasteiger partial charge in [-0.1, -0.05) is 36.4 Å². The quantitative estimate of drug-likeness (QED) is 0.194. The van der Waals surface area contributed by atoms with Gasteiger partial charge in [-0.15, -0.1) is 0 Å². The number of para-hydroxylation sites is 3. The van der Waals surface area contributed by atoms with Gasteiger partial charge >= 0.3 is 6.03 Å². The summed E-state index contributed by atoms with van der Waals surface area (Å²) in [6.45, 7) is 3.49. The molecule has 0 saturated carbocycles. The van der Waals surface area contributed by atoms with E-state index < -0.39 is 6.03 Å². The van der Waals surface area contributed by atoms with Gasteiger partial charge < -0.3 is 39.0 Å². The summed E-state index contributed by atoms with van der Waals surface area (Å²) >= 11 is 0. The smallest absolute Gasteiger partial charge is 0.322 e. The van der Waals surface area contributed by atoms with Crippen molar-refractivity contribution in [2.75, 3.05) is 59.5 Å². The third-order valence-corrected chi connectivity index (χ3v) is 7.11. The molecule has 4 rings (SSSR count). The number of fused-ring (bicyclic) bond motifs is 1. The highest BCUT2D eigenvalue weighted by atomic mass is 16.5. The van der Waals surface area contributed by atoms with E-state index >= 15 is 0 Å². The molecule has 0 saturated heterocycles. The molecule has 0 aliphatic carbocycles. The molecule has 228 valence electrons. The summed E-state index contributed by atoms with van der Waals surface area (Å²) in [5.74, 6) is 1.56. The molecule has 10 heteroatoms. The number of hydrogen-bond donors (Lipinski definition) is 2. The van der Waals surface area contributed by atoms with Crippen LogP contribution in [0.3, 0.4) is 0 Å². The molecule has 10 nitrogen and oxygen atoms in total. The molecule has 2 N–H and O–H groups in total. The van der Waals surface area contributed by atoms with Crippen molar-refractivity contribution in [1.29, 1.82) is 0 Å². The minimum absolute atomic E-state index is 0.132. The molecule has 4 aromatic rings. The Morgan fingerprint density at radius 1 is 0.860 bits per heavy atom. The molecule has 43 heavy (non-hydrogen) atoms. The number of ether oxygens (including phenoxy) is 4. The number of nitrogens with one attached hydrogen (secondary N) is 2. The standard InChI is InChI=1S/C33H40N4O6/c1-5-43-29-13-9-8-12-28(29)35-33(39)37(18-19-40-2)23-32(38)36(22-24-14-15-30(41-3)31(20-24)42-4)17-16-25-21-34-27-11-7-6-10-26(25)27/h6-15,20-21,34H,5,16-19,22-23H2,1-4H3,(H,35,39). The van der Waals surface area contributed by atoms with Crippen molar-refractivity contribution in [2.45, 2.75) is 19.9 Å². The molecule has 1 aromatic heterocycles. The van der Waals surface area contributed by atoms with Crippen molar-refractivity contribution < 1.29 is 28.5 Å². The highest BCUT2D eigenvalue weighted by Gasteiger charge is 2.23. The zero-order valence-electron chi connectivity index (χ0n) is 25.2. The van der Waals surface area contributed by atoms with Crippen molar-refractivity contribution in [1.82, 2.24) is 14.8 Å². The van der Waals surface area contributed by atoms with Crippen LogP contribution in [0.4, 0.5) is 10.5 Å². The van der Waals surface area contributed by atoms with Gasteiger partial charge in [-0.05, 0) is 54.8 Å². The van der Waals surface area contributed by atoms with Crippen LogP contribution < -0.4 is 19.5 Å². The van der Waals surface area contributed by atoms with E-state index in [4.69, 9.17) is 18.9 Å². The average Bonchev–Trinajstić information content (AvgIpc) is 3.45. The van der Waals surface area contributed by atoms with Crippen LogP contribution in [0.5, 0.6) is 17.2 Å². The Balaban J connectivity index is 1.56. The number of benzene rings is 3. The Bertz CT molecular complexity index is 1500. The summed E-state index contributed by atoms with van der Waals surface area (Å²) in [5, 5.41) is 4.02. The first kappa shape index (κ1) is 31.2. The summed E-state index contributed by atoms with van der Waals surface area (Å²) in [4.78, 5) is 33.9. The predicted molar refractivity (Wildman–Crippen MR) is 167 cm³/mol. The minimum Gasteiger partial charge on any atom is -0.493 e. The number of anilines is 1. The molecule has 0 aliphatic heterocycles. The number of rotatable bonds is 15. The number of carbonyl (C=O) groups is 2. The van der Waals surface area contributed by atoms with Crippen molar-refractivity contribution in [3.05, 3.63) is 84.1 Å². The van der Waals surface area contributed by atoms with Crippen LogP contribution in [0, 0.1) is 0 Å². The number of aromatic nitrogens is 1. The van der Waals surface area contributed by atoms with Crippen molar-refractivity contribution in [3.8, 4) is 17.2 Å². The number of amides is 3. The zero-order valence-corrected chi connectivity index (χ0v) is 25.2. The lowest BCUT2D eigenvalue weighted by Crippen LogP contribution is -2.46. The SMILES string of the molecule is CCOc1ccccc1NC(=O)N(CCOC)CC(=O)N(CCc1c[nH]c2ccccc12)Cc1ccc(OC)c(OC)c1. The summed E-state index contributed by atoms with van der Waals surface area (Å²) in [5.41, 5.74) is 3.57. The Morgan fingerprint density at radius 3 is 2.40 bits per heavy atom. The van der Waals surface area contributed by atoms with Gasteiger partial charge in [0.05, 0.1) is 33.1 Å². The lowest BCUT2D eigenvalue weighted by molar-refractivity contribution is -0.132. The van der Waals surface area contributed by atoms with Crippen molar-refractivity contribution in [2.24, 2.45) is 0 Å². The molecule has 0 unspecified atom stereocenters. The second kappa shape index (κ2) is 15.5. The van der Waals surface area contributed by atoms with Gasteiger partial charge in [0, 0.05) is 43.8 Å². The van der Waals surface area contributed by atoms with E-state index in [0.717, 1.165) is 22.0 Å². The molecule has 0 aliphatic rings. The van der Waals surface area contributed by atoms with Gasteiger partial charge in [0.25, 0.3) is 0 Å². The van der Waals surface area contributed by atoms with Crippen LogP contribution in [-0.4, -0.2) is 80.9 Å². The number of urea groups is 1. The fourth-order valence-electron chi connectivity index (χ4n) is 4.85. The fraction of sp³-hybridized carbons (Fsp3) is 0.333. The molecule has 0 fully saturated rings. The normalized spacial score (nSPS) is 10.8. The van der Waals surface area contributed by atoms with E-state index in [-0.39, 0.29) is 25.6 Å². The Kier molecular flexibility index (Phi) is 11.3. The van der Waals surface area contributed by atoms with E-state index in [1.54, 1.807) is 38.4 Å². The number of carbonyl (C=O) groups excluding carboxylic acids is 2. The summed E-state index contributed by atoms with van der Waals surface area (Å²) in [6.07, 6.45) is 2.62. The summed E-state index contributed by atoms with van der Waals surface area (Å²) in [6, 6.07) is 20.5. The predicted octanol–water partition coefficient (Wildman–Crippen LogP) is 5.34. The lowest BCUT2D eigenvalue weighted by Gasteiger charge is -2.28. The van der Waals surface area contributed by atoms with Crippen LogP contribution in [0.1, 0.15) is 18.1 Å². The van der Waals surface area contributed by atoms with E-state index in [0.29, 0.717) is 49.1 Å². The largest absolute Gasteiger partial charge is 0.493 e. The van der Waals surface area contributed by atoms with Gasteiger partial charge in [-0.25, -0.2) is 4.79 Å². The lowest BCUT2D eigenvalue weighted by atomic mass is 10.1. The van der Waals surface area contributed by atoms with Crippen LogP contribution in [0.25, 0.3) is 10.9 Å². The van der Waals surface area contributed by atoms with E-state index in [2.05, 4.69) is 16.4 Å². The number of nitrogens with zero attached hydrogens (tertiary/aromatic N) is 2. The number of methoxy groups -OCH3 is 3. The van der Waals surface area contributed by atoms with Gasteiger partial charge in [-0.3, -0.25) is 4.79 Å². The summed E-state index contributed by atoms with van der Waals surface area (Å²) < 4.78 is 21.8. The first-order chi connectivity index (χ1) is 21.0. The molecule has 1 heterocycles. The van der Waals surface area contributed by atoms with Crippen LogP contribution in [0.2, 0.25) is 0 Å². The number of aromatic amines is 1. The van der Waals surface area contributed by atoms with E-state index in [9.17, 15) is 9.59 Å². The average molecular weight is 589 g/mol. The monoisotopic (exact) mass is 588 g/mol. The van der Waals surface area contributed by atoms with Crippen LogP contribution in [0.15, 0.2) is 72.9 Å². The fourth-order valence-corrected chi connectivity index (χ4v) is 4.85. The molecule has 0 radical (unpaired) electrons. The zero-order chi connectivity index (χ0) is 30.6. The van der Waals surface area contributed by atoms with Gasteiger partial charge in [0.2, 0.25) is 5.91 Å². The second-order valence-corrected chi connectivity index (χ2v) is 9.89. The molecular weight excluding hydrogens is 548 g/mol. The minimum atomic E-state index is -0.416. The topological polar surface area (TPSA) is 105 Å². The van der Waals surface area contributed by atoms with E-state index in [1.165, 1.54) is 4.90 Å². The number of H-pyrrole nitrogens is 1. The highest BCUT2D eigenvalue weighted by Crippen LogP contribution is 2.28. The first-order valence-electron chi connectivity index (χ1n) is 14.3. The van der Waals surface area contributed by atoms with Crippen LogP contribution in [-0.2, 0) is 22.5 Å². The Morgan fingerprint density at radius 2 is 1.63 bits per heavy atom. The molecule has 3 aromatic carbocycles. The third kappa shape index (κ3) is 8.20. The maximum absolute atomic E-state index is 13.9. The van der Waals surface area contributed by atoms with Crippen LogP contribution >= 0.6 is 0 Å². The molecule has 0 bridgehead atoms. The molecule has 0 spiro atoms. The van der Waals surface area contributed by atoms with Gasteiger partial charge in [0.15, 0.2) is 11.5 Å². The Hall–Kier alpha value is -4.70. The maximum Gasteiger partial charge on any atom is 0.322 e. The molecule has 3 amide bonds. The maximum atomic E-state index is 13.9. The van der Waals surface area contributed by atoms with Crippen molar-refractivity contribution in [3.63, 3.8) is 0 Å². The number of hydrogen-bond acceptors (Lipinski definition) is 6. The van der Waals surface area contributed by atoms with Gasteiger partial charge in [0.1, 0.15) is 12.3 Å². The van der Waals surface area contributed by atoms with Crippen molar-refractivity contribution >= 4 is 28.5 Å². The first-order valence-corrected chi connectivity index (χ1v) is 14.3. The highest BCUT2D eigenvalue weighted by molar-refractivity contribution is 5.93. The van der Waals surface area contributed by atoms with Gasteiger partial charge in [-0.2, -0.15) is 0 Å². The second-order valence-electron chi connectivity index (χ2n) is 9.89. The Labute approximate surface area is 252 Å². The summed E-state index contributed by atoms with van der Waals surface area (Å²) in [7, 11) is 4.73. The molecular formula is C33H40N4O6.